The van der Waals surface area contributed by atoms with Crippen molar-refractivity contribution in [2.24, 2.45) is 0 Å². The number of carbonyl (C=O) groups is 2. The number of aromatic carboxylic acids is 1. The highest BCUT2D eigenvalue weighted by Gasteiger charge is 2.10. The molecule has 0 radical (unpaired) electrons. The first-order valence-electron chi connectivity index (χ1n) is 9.90. The quantitative estimate of drug-likeness (QED) is 0.470. The lowest BCUT2D eigenvalue weighted by Crippen LogP contribution is -2.13. The largest absolute Gasteiger partial charge is 0.478 e. The first kappa shape index (κ1) is 20.3. The standard InChI is InChI=1S/C25H25NO3/c27-24(21-15-5-2-6-16-21)26-23-18-10-8-14-20(23)13-4-1-3-11-19-12-7-9-17-22(19)25(28)29/h2,5-10,12,14-18H,1,3-4,11,13H2,(H,26,27)(H,28,29). The fourth-order valence-corrected chi connectivity index (χ4v) is 3.40. The summed E-state index contributed by atoms with van der Waals surface area (Å²) < 4.78 is 0. The molecule has 148 valence electrons. The molecule has 0 unspecified atom stereocenters. The molecule has 0 atom stereocenters. The van der Waals surface area contributed by atoms with Gasteiger partial charge < -0.3 is 10.4 Å². The van der Waals surface area contributed by atoms with Crippen LogP contribution in [0.4, 0.5) is 5.69 Å². The van der Waals surface area contributed by atoms with E-state index in [0.29, 0.717) is 11.1 Å². The van der Waals surface area contributed by atoms with Crippen LogP contribution in [0.2, 0.25) is 0 Å². The Kier molecular flexibility index (Phi) is 7.17. The minimum atomic E-state index is -0.872. The van der Waals surface area contributed by atoms with Crippen molar-refractivity contribution >= 4 is 17.6 Å². The number of aryl methyl sites for hydroxylation is 2. The topological polar surface area (TPSA) is 66.4 Å². The normalized spacial score (nSPS) is 10.5. The first-order chi connectivity index (χ1) is 14.1. The molecule has 2 N–H and O–H groups in total. The van der Waals surface area contributed by atoms with E-state index >= 15 is 0 Å². The summed E-state index contributed by atoms with van der Waals surface area (Å²) in [6.45, 7) is 0. The van der Waals surface area contributed by atoms with Crippen molar-refractivity contribution in [1.82, 2.24) is 0 Å². The van der Waals surface area contributed by atoms with Crippen LogP contribution in [0.15, 0.2) is 78.9 Å². The van der Waals surface area contributed by atoms with Gasteiger partial charge in [0.2, 0.25) is 0 Å². The van der Waals surface area contributed by atoms with Gasteiger partial charge in [0.05, 0.1) is 5.56 Å². The zero-order chi connectivity index (χ0) is 20.5. The zero-order valence-electron chi connectivity index (χ0n) is 16.3. The Morgan fingerprint density at radius 2 is 1.28 bits per heavy atom. The number of hydrogen-bond acceptors (Lipinski definition) is 2. The molecule has 3 aromatic rings. The highest BCUT2D eigenvalue weighted by Crippen LogP contribution is 2.20. The van der Waals surface area contributed by atoms with E-state index in [4.69, 9.17) is 0 Å². The van der Waals surface area contributed by atoms with E-state index in [1.165, 1.54) is 0 Å². The number of rotatable bonds is 9. The number of benzene rings is 3. The van der Waals surface area contributed by atoms with Crippen LogP contribution in [0.1, 0.15) is 51.1 Å². The van der Waals surface area contributed by atoms with Crippen LogP contribution >= 0.6 is 0 Å². The van der Waals surface area contributed by atoms with Crippen LogP contribution < -0.4 is 5.32 Å². The van der Waals surface area contributed by atoms with E-state index in [1.807, 2.05) is 54.6 Å². The monoisotopic (exact) mass is 387 g/mol. The number of carboxylic acids is 1. The number of para-hydroxylation sites is 1. The third-order valence-corrected chi connectivity index (χ3v) is 4.94. The zero-order valence-corrected chi connectivity index (χ0v) is 16.3. The summed E-state index contributed by atoms with van der Waals surface area (Å²) in [5.41, 5.74) is 3.87. The second kappa shape index (κ2) is 10.2. The van der Waals surface area contributed by atoms with Gasteiger partial charge in [-0.05, 0) is 61.1 Å². The first-order valence-corrected chi connectivity index (χ1v) is 9.90. The maximum Gasteiger partial charge on any atom is 0.335 e. The van der Waals surface area contributed by atoms with E-state index in [-0.39, 0.29) is 5.91 Å². The van der Waals surface area contributed by atoms with Gasteiger partial charge in [-0.3, -0.25) is 4.79 Å². The van der Waals surface area contributed by atoms with Crippen LogP contribution in [0.25, 0.3) is 0 Å². The molecule has 0 aliphatic heterocycles. The van der Waals surface area contributed by atoms with Crippen LogP contribution in [0, 0.1) is 0 Å². The summed E-state index contributed by atoms with van der Waals surface area (Å²) in [7, 11) is 0. The number of hydrogen-bond donors (Lipinski definition) is 2. The highest BCUT2D eigenvalue weighted by molar-refractivity contribution is 6.04. The Bertz CT molecular complexity index is 967. The van der Waals surface area contributed by atoms with Gasteiger partial charge in [0.1, 0.15) is 0 Å². The Hall–Kier alpha value is -3.40. The van der Waals surface area contributed by atoms with Crippen molar-refractivity contribution in [3.05, 3.63) is 101 Å². The molecule has 4 nitrogen and oxygen atoms in total. The number of carboxylic acid groups (broad SMARTS) is 1. The van der Waals surface area contributed by atoms with Crippen molar-refractivity contribution in [1.29, 1.82) is 0 Å². The van der Waals surface area contributed by atoms with Gasteiger partial charge in [0.15, 0.2) is 0 Å². The molecule has 4 heteroatoms. The molecule has 29 heavy (non-hydrogen) atoms. The van der Waals surface area contributed by atoms with Gasteiger partial charge in [0, 0.05) is 11.3 Å². The number of unbranched alkanes of at least 4 members (excludes halogenated alkanes) is 2. The summed E-state index contributed by atoms with van der Waals surface area (Å²) in [4.78, 5) is 23.7. The maximum absolute atomic E-state index is 12.4. The molecular weight excluding hydrogens is 362 g/mol. The molecule has 0 aliphatic rings. The predicted molar refractivity (Wildman–Crippen MR) is 115 cm³/mol. The summed E-state index contributed by atoms with van der Waals surface area (Å²) >= 11 is 0. The van der Waals surface area contributed by atoms with Gasteiger partial charge in [-0.15, -0.1) is 0 Å². The van der Waals surface area contributed by atoms with Crippen molar-refractivity contribution in [3.63, 3.8) is 0 Å². The van der Waals surface area contributed by atoms with E-state index in [0.717, 1.165) is 48.9 Å². The van der Waals surface area contributed by atoms with Crippen molar-refractivity contribution in [3.8, 4) is 0 Å². The second-order valence-corrected chi connectivity index (χ2v) is 7.00. The molecule has 0 saturated carbocycles. The van der Waals surface area contributed by atoms with E-state index in [1.54, 1.807) is 24.3 Å². The van der Waals surface area contributed by atoms with E-state index in [9.17, 15) is 14.7 Å². The smallest absolute Gasteiger partial charge is 0.335 e. The SMILES string of the molecule is O=C(Nc1ccccc1CCCCCc1ccccc1C(=O)O)c1ccccc1. The highest BCUT2D eigenvalue weighted by atomic mass is 16.4. The lowest BCUT2D eigenvalue weighted by atomic mass is 9.99. The lowest BCUT2D eigenvalue weighted by molar-refractivity contribution is 0.0695. The van der Waals surface area contributed by atoms with Crippen LogP contribution in [-0.2, 0) is 12.8 Å². The van der Waals surface area contributed by atoms with E-state index in [2.05, 4.69) is 5.32 Å². The van der Waals surface area contributed by atoms with Gasteiger partial charge in [0.25, 0.3) is 5.91 Å². The molecule has 0 heterocycles. The average Bonchev–Trinajstić information content (AvgIpc) is 2.75. The fourth-order valence-electron chi connectivity index (χ4n) is 3.40. The summed E-state index contributed by atoms with van der Waals surface area (Å²) in [5, 5.41) is 12.3. The Morgan fingerprint density at radius 3 is 2.00 bits per heavy atom. The van der Waals surface area contributed by atoms with Crippen LogP contribution in [0.3, 0.4) is 0 Å². The van der Waals surface area contributed by atoms with Crippen molar-refractivity contribution < 1.29 is 14.7 Å². The average molecular weight is 387 g/mol. The predicted octanol–water partition coefficient (Wildman–Crippen LogP) is 5.59. The molecule has 0 fully saturated rings. The Morgan fingerprint density at radius 1 is 0.690 bits per heavy atom. The van der Waals surface area contributed by atoms with Crippen molar-refractivity contribution in [2.45, 2.75) is 32.1 Å². The van der Waals surface area contributed by atoms with Crippen LogP contribution in [0.5, 0.6) is 0 Å². The summed E-state index contributed by atoms with van der Waals surface area (Å²) in [6.07, 6.45) is 4.53. The maximum atomic E-state index is 12.4. The lowest BCUT2D eigenvalue weighted by Gasteiger charge is -2.11. The molecule has 0 spiro atoms. The number of anilines is 1. The fraction of sp³-hybridized carbons (Fsp3) is 0.200. The van der Waals surface area contributed by atoms with Gasteiger partial charge in [-0.1, -0.05) is 61.0 Å². The van der Waals surface area contributed by atoms with Crippen LogP contribution in [-0.4, -0.2) is 17.0 Å². The van der Waals surface area contributed by atoms with Crippen molar-refractivity contribution in [2.75, 3.05) is 5.32 Å². The molecule has 3 aromatic carbocycles. The third-order valence-electron chi connectivity index (χ3n) is 4.94. The summed E-state index contributed by atoms with van der Waals surface area (Å²) in [6, 6.07) is 24.2. The molecule has 3 rings (SSSR count). The van der Waals surface area contributed by atoms with E-state index < -0.39 is 5.97 Å². The molecule has 0 aliphatic carbocycles. The minimum Gasteiger partial charge on any atom is -0.478 e. The number of nitrogens with one attached hydrogen (secondary N) is 1. The number of amides is 1. The Balaban J connectivity index is 1.52. The molecule has 0 saturated heterocycles. The van der Waals surface area contributed by atoms with Gasteiger partial charge >= 0.3 is 5.97 Å². The molecule has 0 bridgehead atoms. The molecular formula is C25H25NO3. The molecule has 0 aromatic heterocycles. The van der Waals surface area contributed by atoms with Gasteiger partial charge in [-0.25, -0.2) is 4.79 Å². The Labute approximate surface area is 171 Å². The second-order valence-electron chi connectivity index (χ2n) is 7.00. The molecule has 1 amide bonds. The number of carbonyl (C=O) groups excluding carboxylic acids is 1. The minimum absolute atomic E-state index is 0.108. The third kappa shape index (κ3) is 5.79. The van der Waals surface area contributed by atoms with Gasteiger partial charge in [-0.2, -0.15) is 0 Å². The summed E-state index contributed by atoms with van der Waals surface area (Å²) in [5.74, 6) is -0.980.